The number of aliphatic hydroxyl groups excluding tert-OH is 1. The third-order valence-electron chi connectivity index (χ3n) is 11.1. The van der Waals surface area contributed by atoms with Crippen LogP contribution in [0.1, 0.15) is 74.7 Å². The van der Waals surface area contributed by atoms with Gasteiger partial charge in [-0.1, -0.05) is 27.7 Å². The van der Waals surface area contributed by atoms with Crippen molar-refractivity contribution in [2.24, 2.45) is 28.6 Å². The van der Waals surface area contributed by atoms with E-state index >= 15 is 0 Å². The summed E-state index contributed by atoms with van der Waals surface area (Å²) in [5.41, 5.74) is -2.57. The highest BCUT2D eigenvalue weighted by molar-refractivity contribution is 6.04. The number of nitrogens with zero attached hydrogens (tertiary/aromatic N) is 4. The zero-order valence-corrected chi connectivity index (χ0v) is 32.9. The van der Waals surface area contributed by atoms with E-state index in [1.54, 1.807) is 27.9 Å². The van der Waals surface area contributed by atoms with E-state index in [9.17, 15) is 19.5 Å². The van der Waals surface area contributed by atoms with Crippen LogP contribution in [0.15, 0.2) is 0 Å². The van der Waals surface area contributed by atoms with Crippen LogP contribution in [0, 0.1) is 28.6 Å². The molecule has 9 atom stereocenters. The van der Waals surface area contributed by atoms with Crippen molar-refractivity contribution in [3.8, 4) is 0 Å². The number of ether oxygens (including phenoxy) is 4. The van der Waals surface area contributed by atoms with Crippen LogP contribution >= 0.6 is 0 Å². The lowest BCUT2D eigenvalue weighted by Crippen LogP contribution is -2.60. The number of carbonyl (C=O) groups is 3. The SMILES string of the molecule is CO[C@]1(C)C[C@@H](C)CN(C)[C@H](C2CN(C(=O)CC(C)(C)CN(C)C)C2)COC(=O)C(C)(C)C(=O)[C@H](C)[C@H]1O[C@@H]1O[C@H](C)C[C@H](N(C)C)[C@H]1O. The molecule has 1 amide bonds. The smallest absolute Gasteiger partial charge is 0.319 e. The average molecular weight is 697 g/mol. The van der Waals surface area contributed by atoms with Crippen LogP contribution in [-0.4, -0.2) is 160 Å². The maximum Gasteiger partial charge on any atom is 0.319 e. The molecule has 12 heteroatoms. The van der Waals surface area contributed by atoms with E-state index in [0.29, 0.717) is 38.9 Å². The van der Waals surface area contributed by atoms with Gasteiger partial charge in [0.2, 0.25) is 5.91 Å². The minimum Gasteiger partial charge on any atom is -0.463 e. The minimum absolute atomic E-state index is 0.0885. The van der Waals surface area contributed by atoms with Crippen LogP contribution in [-0.2, 0) is 33.3 Å². The fourth-order valence-electron chi connectivity index (χ4n) is 8.45. The lowest BCUT2D eigenvalue weighted by Gasteiger charge is -2.48. The van der Waals surface area contributed by atoms with Gasteiger partial charge in [0.25, 0.3) is 0 Å². The van der Waals surface area contributed by atoms with Gasteiger partial charge in [0.05, 0.1) is 17.8 Å². The molecule has 0 aromatic rings. The molecule has 3 aliphatic heterocycles. The van der Waals surface area contributed by atoms with Crippen LogP contribution in [0.3, 0.4) is 0 Å². The molecule has 0 spiro atoms. The third-order valence-corrected chi connectivity index (χ3v) is 11.1. The lowest BCUT2D eigenvalue weighted by atomic mass is 9.74. The van der Waals surface area contributed by atoms with Gasteiger partial charge >= 0.3 is 5.97 Å². The molecule has 12 nitrogen and oxygen atoms in total. The molecule has 1 N–H and O–H groups in total. The number of cyclic esters (lactones) is 1. The summed E-state index contributed by atoms with van der Waals surface area (Å²) in [5.74, 6) is -1.36. The molecule has 0 aromatic heterocycles. The molecule has 0 radical (unpaired) electrons. The molecule has 0 bridgehead atoms. The topological polar surface area (TPSA) is 121 Å². The fraction of sp³-hybridized carbons (Fsp3) is 0.919. The van der Waals surface area contributed by atoms with Crippen molar-refractivity contribution in [2.75, 3.05) is 75.1 Å². The standard InChI is InChI=1S/C37H68N4O8/c1-23-16-37(8,46-14)32(49-33-30(43)27(39(11)12)15-24(2)48-33)25(3)31(44)36(6,7)34(45)47-21-28(40(13)18-23)26-19-41(20-26)29(42)17-35(4,5)22-38(9)10/h23-28,30,32-33,43H,15-22H2,1-14H3/t23-,24-,25+,27+,28+,30-,32-,33+,37-/m1/s1. The maximum absolute atomic E-state index is 14.3. The molecule has 0 aromatic carbocycles. The van der Waals surface area contributed by atoms with Gasteiger partial charge in [-0.05, 0) is 87.1 Å². The van der Waals surface area contributed by atoms with Crippen molar-refractivity contribution < 1.29 is 38.4 Å². The van der Waals surface area contributed by atoms with Gasteiger partial charge in [0.1, 0.15) is 18.1 Å². The lowest BCUT2D eigenvalue weighted by molar-refractivity contribution is -0.295. The summed E-state index contributed by atoms with van der Waals surface area (Å²) in [6.07, 6.45) is -1.30. The first-order valence-electron chi connectivity index (χ1n) is 18.1. The van der Waals surface area contributed by atoms with Crippen LogP contribution in [0.25, 0.3) is 0 Å². The molecular formula is C37H68N4O8. The van der Waals surface area contributed by atoms with Gasteiger partial charge in [-0.25, -0.2) is 0 Å². The summed E-state index contributed by atoms with van der Waals surface area (Å²) in [4.78, 5) is 49.4. The van der Waals surface area contributed by atoms with Crippen molar-refractivity contribution in [2.45, 2.75) is 117 Å². The molecule has 0 saturated carbocycles. The number of amides is 1. The zero-order chi connectivity index (χ0) is 37.2. The first-order chi connectivity index (χ1) is 22.5. The number of Topliss-reactive ketones (excluding diaryl/α,β-unsaturated/α-hetero) is 1. The highest BCUT2D eigenvalue weighted by atomic mass is 16.7. The number of rotatable bonds is 9. The number of carbonyl (C=O) groups excluding carboxylic acids is 3. The predicted octanol–water partition coefficient (Wildman–Crippen LogP) is 2.75. The Labute approximate surface area is 296 Å². The number of hydrogen-bond acceptors (Lipinski definition) is 11. The molecule has 49 heavy (non-hydrogen) atoms. The monoisotopic (exact) mass is 697 g/mol. The van der Waals surface area contributed by atoms with Crippen LogP contribution in [0.2, 0.25) is 0 Å². The Kier molecular flexibility index (Phi) is 13.9. The molecule has 3 fully saturated rings. The normalized spacial score (nSPS) is 36.1. The molecule has 0 aliphatic carbocycles. The minimum atomic E-state index is -1.47. The Bertz CT molecular complexity index is 1140. The van der Waals surface area contributed by atoms with Crippen molar-refractivity contribution >= 4 is 17.7 Å². The number of aliphatic hydroxyl groups is 1. The number of hydrogen-bond donors (Lipinski definition) is 1. The van der Waals surface area contributed by atoms with Gasteiger partial charge in [0, 0.05) is 63.6 Å². The van der Waals surface area contributed by atoms with Gasteiger partial charge in [-0.3, -0.25) is 19.3 Å². The average Bonchev–Trinajstić information content (AvgIpc) is 2.95. The van der Waals surface area contributed by atoms with Gasteiger partial charge in [0.15, 0.2) is 12.1 Å². The van der Waals surface area contributed by atoms with E-state index in [4.69, 9.17) is 18.9 Å². The van der Waals surface area contributed by atoms with Crippen molar-refractivity contribution in [1.82, 2.24) is 19.6 Å². The maximum atomic E-state index is 14.3. The number of methoxy groups -OCH3 is 1. The van der Waals surface area contributed by atoms with Crippen molar-refractivity contribution in [3.63, 3.8) is 0 Å². The molecule has 284 valence electrons. The zero-order valence-electron chi connectivity index (χ0n) is 32.9. The number of likely N-dealkylation sites (N-methyl/N-ethyl adjacent to an activating group) is 2. The summed E-state index contributed by atoms with van der Waals surface area (Å²) in [6.45, 7) is 18.0. The molecule has 3 saturated heterocycles. The Balaban J connectivity index is 1.88. The van der Waals surface area contributed by atoms with Gasteiger partial charge < -0.3 is 38.8 Å². The third kappa shape index (κ3) is 10.0. The Morgan fingerprint density at radius 1 is 1.06 bits per heavy atom. The van der Waals surface area contributed by atoms with E-state index in [1.165, 1.54) is 0 Å². The molecule has 3 rings (SSSR count). The van der Waals surface area contributed by atoms with E-state index < -0.39 is 41.4 Å². The largest absolute Gasteiger partial charge is 0.463 e. The van der Waals surface area contributed by atoms with E-state index in [1.807, 2.05) is 58.9 Å². The van der Waals surface area contributed by atoms with Crippen LogP contribution in [0.4, 0.5) is 0 Å². The highest BCUT2D eigenvalue weighted by Gasteiger charge is 2.52. The van der Waals surface area contributed by atoms with E-state index in [0.717, 1.165) is 6.54 Å². The Hall–Kier alpha value is -1.67. The van der Waals surface area contributed by atoms with Crippen LogP contribution in [0.5, 0.6) is 0 Å². The van der Waals surface area contributed by atoms with Crippen molar-refractivity contribution in [1.29, 1.82) is 0 Å². The second-order valence-corrected chi connectivity index (χ2v) is 17.5. The second-order valence-electron chi connectivity index (χ2n) is 17.5. The predicted molar refractivity (Wildman–Crippen MR) is 189 cm³/mol. The summed E-state index contributed by atoms with van der Waals surface area (Å²) in [5, 5.41) is 11.3. The first-order valence-corrected chi connectivity index (χ1v) is 18.1. The Morgan fingerprint density at radius 2 is 1.67 bits per heavy atom. The first kappa shape index (κ1) is 41.7. The number of esters is 1. The summed E-state index contributed by atoms with van der Waals surface area (Å²) >= 11 is 0. The quantitative estimate of drug-likeness (QED) is 0.283. The van der Waals surface area contributed by atoms with Gasteiger partial charge in [-0.15, -0.1) is 0 Å². The summed E-state index contributed by atoms with van der Waals surface area (Å²) in [6, 6.07) is -0.327. The number of ketones is 1. The van der Waals surface area contributed by atoms with Crippen molar-refractivity contribution in [3.05, 3.63) is 0 Å². The Morgan fingerprint density at radius 3 is 2.22 bits per heavy atom. The summed E-state index contributed by atoms with van der Waals surface area (Å²) < 4.78 is 25.0. The van der Waals surface area contributed by atoms with E-state index in [2.05, 4.69) is 30.6 Å². The van der Waals surface area contributed by atoms with Crippen LogP contribution < -0.4 is 0 Å². The number of likely N-dealkylation sites (tertiary alicyclic amines) is 1. The molecule has 3 aliphatic rings. The van der Waals surface area contributed by atoms with Gasteiger partial charge in [-0.2, -0.15) is 0 Å². The molecule has 0 unspecified atom stereocenters. The highest BCUT2D eigenvalue weighted by Crippen LogP contribution is 2.39. The molecular weight excluding hydrogens is 628 g/mol. The summed E-state index contributed by atoms with van der Waals surface area (Å²) in [7, 11) is 11.5. The second kappa shape index (κ2) is 16.3. The van der Waals surface area contributed by atoms with E-state index in [-0.39, 0.29) is 53.7 Å². The fourth-order valence-corrected chi connectivity index (χ4v) is 8.45. The molecule has 3 heterocycles.